The highest BCUT2D eigenvalue weighted by atomic mass is 15.1. The van der Waals surface area contributed by atoms with Gasteiger partial charge in [-0.3, -0.25) is 0 Å². The summed E-state index contributed by atoms with van der Waals surface area (Å²) in [6, 6.07) is 93.8. The lowest BCUT2D eigenvalue weighted by Crippen LogP contribution is -2.25. The van der Waals surface area contributed by atoms with Crippen LogP contribution in [0.2, 0.25) is 0 Å². The Morgan fingerprint density at radius 3 is 1.51 bits per heavy atom. The molecule has 1 heteroatoms. The van der Waals surface area contributed by atoms with Crippen LogP contribution in [0.15, 0.2) is 255 Å². The largest absolute Gasteiger partial charge is 0.310 e. The molecule has 11 aromatic rings. The van der Waals surface area contributed by atoms with Gasteiger partial charge in [-0.2, -0.15) is 0 Å². The first-order valence-corrected chi connectivity index (χ1v) is 22.6. The summed E-state index contributed by atoms with van der Waals surface area (Å²) in [6.07, 6.45) is 0. The maximum atomic E-state index is 2.56. The Balaban J connectivity index is 1.22. The lowest BCUT2D eigenvalue weighted by molar-refractivity contribution is 0.714. The van der Waals surface area contributed by atoms with Crippen molar-refractivity contribution in [3.05, 3.63) is 271 Å². The van der Waals surface area contributed by atoms with Gasteiger partial charge in [-0.1, -0.05) is 224 Å². The van der Waals surface area contributed by atoms with Crippen molar-refractivity contribution in [3.8, 4) is 55.6 Å². The molecule has 1 nitrogen and oxygen atoms in total. The molecular formula is C64H45N. The third-order valence-electron chi connectivity index (χ3n) is 13.7. The highest BCUT2D eigenvalue weighted by Crippen LogP contribution is 2.58. The Morgan fingerprint density at radius 1 is 0.308 bits per heavy atom. The van der Waals surface area contributed by atoms with Gasteiger partial charge in [-0.15, -0.1) is 0 Å². The molecule has 0 spiro atoms. The van der Waals surface area contributed by atoms with Crippen molar-refractivity contribution in [1.82, 2.24) is 0 Å². The summed E-state index contributed by atoms with van der Waals surface area (Å²) in [6.45, 7) is 2.43. The molecule has 0 bridgehead atoms. The van der Waals surface area contributed by atoms with Crippen molar-refractivity contribution >= 4 is 38.6 Å². The van der Waals surface area contributed by atoms with E-state index in [9.17, 15) is 0 Å². The second-order valence-corrected chi connectivity index (χ2v) is 17.3. The molecule has 0 aromatic heterocycles. The molecule has 1 unspecified atom stereocenters. The van der Waals surface area contributed by atoms with Crippen LogP contribution < -0.4 is 4.90 Å². The van der Waals surface area contributed by atoms with Gasteiger partial charge in [0.25, 0.3) is 0 Å². The normalized spacial score (nSPS) is 14.0. The van der Waals surface area contributed by atoms with Crippen molar-refractivity contribution in [3.63, 3.8) is 0 Å². The Morgan fingerprint density at radius 2 is 0.831 bits per heavy atom. The van der Waals surface area contributed by atoms with Crippen molar-refractivity contribution in [2.45, 2.75) is 12.3 Å². The summed E-state index contributed by atoms with van der Waals surface area (Å²) >= 11 is 0. The van der Waals surface area contributed by atoms with E-state index in [4.69, 9.17) is 0 Å². The van der Waals surface area contributed by atoms with Crippen molar-refractivity contribution < 1.29 is 0 Å². The zero-order chi connectivity index (χ0) is 43.3. The first-order chi connectivity index (χ1) is 32.2. The minimum absolute atomic E-state index is 0.443. The van der Waals surface area contributed by atoms with Gasteiger partial charge in [0.2, 0.25) is 0 Å². The van der Waals surface area contributed by atoms with Crippen molar-refractivity contribution in [2.24, 2.45) is 0 Å². The zero-order valence-corrected chi connectivity index (χ0v) is 36.2. The third kappa shape index (κ3) is 6.31. The minimum Gasteiger partial charge on any atom is -0.310 e. The lowest BCUT2D eigenvalue weighted by atomic mass is 9.73. The second kappa shape index (κ2) is 15.8. The van der Waals surface area contributed by atoms with Gasteiger partial charge in [0.05, 0.1) is 11.4 Å². The number of fused-ring (bicyclic) bond motifs is 6. The van der Waals surface area contributed by atoms with Gasteiger partial charge in [-0.25, -0.2) is 0 Å². The molecule has 0 aliphatic heterocycles. The van der Waals surface area contributed by atoms with E-state index in [0.29, 0.717) is 0 Å². The van der Waals surface area contributed by atoms with E-state index in [-0.39, 0.29) is 0 Å². The molecule has 0 radical (unpaired) electrons. The predicted octanol–water partition coefficient (Wildman–Crippen LogP) is 17.5. The number of benzene rings is 11. The van der Waals surface area contributed by atoms with E-state index in [1.54, 1.807) is 0 Å². The van der Waals surface area contributed by atoms with Crippen LogP contribution >= 0.6 is 0 Å². The summed E-state index contributed by atoms with van der Waals surface area (Å²) in [4.78, 5) is 2.56. The molecule has 1 aliphatic rings. The fourth-order valence-electron chi connectivity index (χ4n) is 10.8. The van der Waals surface area contributed by atoms with E-state index < -0.39 is 5.41 Å². The molecular weight excluding hydrogens is 783 g/mol. The van der Waals surface area contributed by atoms with E-state index in [1.165, 1.54) is 82.7 Å². The van der Waals surface area contributed by atoms with E-state index in [1.807, 2.05) is 0 Å². The summed E-state index contributed by atoms with van der Waals surface area (Å²) in [5, 5.41) is 4.92. The fourth-order valence-corrected chi connectivity index (χ4v) is 10.8. The Hall–Kier alpha value is -8.26. The van der Waals surface area contributed by atoms with Gasteiger partial charge < -0.3 is 4.90 Å². The second-order valence-electron chi connectivity index (χ2n) is 17.3. The molecule has 0 amide bonds. The van der Waals surface area contributed by atoms with Crippen LogP contribution in [0.25, 0.3) is 77.2 Å². The van der Waals surface area contributed by atoms with Crippen LogP contribution in [0.3, 0.4) is 0 Å². The number of rotatable bonds is 8. The van der Waals surface area contributed by atoms with Crippen LogP contribution in [-0.4, -0.2) is 0 Å². The molecule has 1 atom stereocenters. The Bertz CT molecular complexity index is 3530. The third-order valence-corrected chi connectivity index (χ3v) is 13.7. The summed E-state index contributed by atoms with van der Waals surface area (Å²) in [5.41, 5.74) is 18.9. The minimum atomic E-state index is -0.443. The highest BCUT2D eigenvalue weighted by Gasteiger charge is 2.43. The van der Waals surface area contributed by atoms with Crippen LogP contribution in [0, 0.1) is 0 Å². The molecule has 12 rings (SSSR count). The molecule has 11 aromatic carbocycles. The average Bonchev–Trinajstić information content (AvgIpc) is 3.66. The number of anilines is 3. The highest BCUT2D eigenvalue weighted by molar-refractivity contribution is 6.22. The lowest BCUT2D eigenvalue weighted by Gasteiger charge is -2.36. The summed E-state index contributed by atoms with van der Waals surface area (Å²) < 4.78 is 0. The molecule has 306 valence electrons. The first-order valence-electron chi connectivity index (χ1n) is 22.6. The maximum absolute atomic E-state index is 2.56. The molecule has 0 saturated carbocycles. The molecule has 65 heavy (non-hydrogen) atoms. The molecule has 1 aliphatic carbocycles. The van der Waals surface area contributed by atoms with Crippen LogP contribution in [-0.2, 0) is 5.41 Å². The van der Waals surface area contributed by atoms with E-state index in [2.05, 4.69) is 267 Å². The number of hydrogen-bond donors (Lipinski definition) is 0. The van der Waals surface area contributed by atoms with Gasteiger partial charge in [0.1, 0.15) is 0 Å². The van der Waals surface area contributed by atoms with Gasteiger partial charge in [0, 0.05) is 16.7 Å². The smallest absolute Gasteiger partial charge is 0.0540 e. The maximum Gasteiger partial charge on any atom is 0.0540 e. The fraction of sp³-hybridized carbons (Fsp3) is 0.0312. The summed E-state index contributed by atoms with van der Waals surface area (Å²) in [5.74, 6) is 0. The Labute approximate surface area is 381 Å². The summed E-state index contributed by atoms with van der Waals surface area (Å²) in [7, 11) is 0. The topological polar surface area (TPSA) is 3.24 Å². The Kier molecular flexibility index (Phi) is 9.35. The monoisotopic (exact) mass is 827 g/mol. The molecule has 0 saturated heterocycles. The van der Waals surface area contributed by atoms with Crippen molar-refractivity contribution in [2.75, 3.05) is 4.90 Å². The average molecular weight is 828 g/mol. The molecule has 0 N–H and O–H groups in total. The number of nitrogens with zero attached hydrogens (tertiary/aromatic N) is 1. The van der Waals surface area contributed by atoms with E-state index >= 15 is 0 Å². The van der Waals surface area contributed by atoms with Gasteiger partial charge in [0.15, 0.2) is 0 Å². The van der Waals surface area contributed by atoms with Crippen molar-refractivity contribution in [1.29, 1.82) is 0 Å². The van der Waals surface area contributed by atoms with Crippen LogP contribution in [0.1, 0.15) is 23.6 Å². The molecule has 0 fully saturated rings. The quantitative estimate of drug-likeness (QED) is 0.138. The van der Waals surface area contributed by atoms with E-state index in [0.717, 1.165) is 28.2 Å². The standard InChI is InChI=1S/C64H45N/c1-64(49-30-15-6-16-31-49)58-36-20-19-33-53(58)55-35-21-37-60(63(55)64)65(59-41-38-48(44-22-7-2-8-23-44)42-56(59)45-24-9-3-10-25-45)50-39-40-52-51-32-17-18-34-54(51)61(46-26-11-4-12-27-46)62(57(52)43-50)47-28-13-5-14-29-47/h2-43H,1H3. The predicted molar refractivity (Wildman–Crippen MR) is 275 cm³/mol. The number of hydrogen-bond acceptors (Lipinski definition) is 1. The first kappa shape index (κ1) is 38.4. The zero-order valence-electron chi connectivity index (χ0n) is 36.2. The molecule has 0 heterocycles. The SMILES string of the molecule is CC1(c2ccccc2)c2ccccc2-c2cccc(N(c3ccc4c(c3)c(-c3ccccc3)c(-c3ccccc3)c3ccccc34)c3ccc(-c4ccccc4)cc3-c3ccccc3)c21. The van der Waals surface area contributed by atoms with Crippen LogP contribution in [0.4, 0.5) is 17.1 Å². The van der Waals surface area contributed by atoms with Crippen LogP contribution in [0.5, 0.6) is 0 Å². The van der Waals surface area contributed by atoms with Gasteiger partial charge >= 0.3 is 0 Å². The van der Waals surface area contributed by atoms with Gasteiger partial charge in [-0.05, 0) is 126 Å².